The van der Waals surface area contributed by atoms with Gasteiger partial charge >= 0.3 is 0 Å². The summed E-state index contributed by atoms with van der Waals surface area (Å²) < 4.78 is 0. The average molecular weight is 347 g/mol. The zero-order valence-corrected chi connectivity index (χ0v) is 14.5. The Morgan fingerprint density at radius 2 is 1.96 bits per heavy atom. The van der Waals surface area contributed by atoms with Crippen molar-refractivity contribution in [3.8, 4) is 0 Å². The summed E-state index contributed by atoms with van der Waals surface area (Å²) in [6, 6.07) is 10.1. The summed E-state index contributed by atoms with van der Waals surface area (Å²) in [5.41, 5.74) is 5.64. The maximum atomic E-state index is 12.6. The average Bonchev–Trinajstić information content (AvgIpc) is 2.54. The molecule has 0 aliphatic rings. The monoisotopic (exact) mass is 346 g/mol. The number of benzene rings is 1. The molecule has 6 nitrogen and oxygen atoms in total. The molecule has 0 saturated heterocycles. The Hall–Kier alpha value is -2.60. The number of rotatable bonds is 5. The first-order chi connectivity index (χ1) is 11.2. The van der Waals surface area contributed by atoms with Crippen molar-refractivity contribution in [3.05, 3.63) is 58.9 Å². The molecule has 1 atom stereocenters. The van der Waals surface area contributed by atoms with Crippen molar-refractivity contribution in [1.29, 1.82) is 0 Å². The van der Waals surface area contributed by atoms with Gasteiger partial charge in [0.1, 0.15) is 11.2 Å². The highest BCUT2D eigenvalue weighted by molar-refractivity contribution is 6.30. The highest BCUT2D eigenvalue weighted by atomic mass is 35.5. The molecule has 2 amide bonds. The van der Waals surface area contributed by atoms with Crippen LogP contribution in [0.25, 0.3) is 0 Å². The van der Waals surface area contributed by atoms with E-state index in [0.29, 0.717) is 10.6 Å². The second-order valence-electron chi connectivity index (χ2n) is 5.75. The summed E-state index contributed by atoms with van der Waals surface area (Å²) in [6.07, 6.45) is 1.53. The van der Waals surface area contributed by atoms with E-state index in [1.165, 1.54) is 13.1 Å². The fourth-order valence-corrected chi connectivity index (χ4v) is 2.38. The molecule has 7 heteroatoms. The first-order valence-electron chi connectivity index (χ1n) is 7.26. The molecule has 0 aliphatic heterocycles. The molecule has 1 heterocycles. The lowest BCUT2D eigenvalue weighted by Crippen LogP contribution is -2.52. The first kappa shape index (κ1) is 17.7. The van der Waals surface area contributed by atoms with Crippen molar-refractivity contribution in [2.75, 3.05) is 19.0 Å². The second kappa shape index (κ2) is 6.88. The van der Waals surface area contributed by atoms with E-state index in [4.69, 9.17) is 17.3 Å². The summed E-state index contributed by atoms with van der Waals surface area (Å²) in [7, 11) is 3.72. The van der Waals surface area contributed by atoms with Crippen LogP contribution in [-0.4, -0.2) is 30.9 Å². The van der Waals surface area contributed by atoms with E-state index < -0.39 is 17.4 Å². The molecule has 24 heavy (non-hydrogen) atoms. The predicted molar refractivity (Wildman–Crippen MR) is 94.0 cm³/mol. The van der Waals surface area contributed by atoms with Crippen LogP contribution in [-0.2, 0) is 10.3 Å². The number of carbonyl (C=O) groups excluding carboxylic acids is 2. The number of nitrogens with one attached hydrogen (secondary N) is 1. The van der Waals surface area contributed by atoms with Crippen molar-refractivity contribution in [2.45, 2.75) is 12.5 Å². The number of halogens is 1. The minimum absolute atomic E-state index is 0.190. The van der Waals surface area contributed by atoms with E-state index in [1.54, 1.807) is 36.4 Å². The van der Waals surface area contributed by atoms with Crippen LogP contribution in [0.15, 0.2) is 42.6 Å². The number of anilines is 1. The summed E-state index contributed by atoms with van der Waals surface area (Å²) in [6.45, 7) is 1.54. The van der Waals surface area contributed by atoms with E-state index in [-0.39, 0.29) is 5.69 Å². The lowest BCUT2D eigenvalue weighted by molar-refractivity contribution is -0.123. The van der Waals surface area contributed by atoms with Crippen molar-refractivity contribution >= 4 is 29.1 Å². The lowest BCUT2D eigenvalue weighted by Gasteiger charge is -2.28. The number of primary amides is 1. The predicted octanol–water partition coefficient (Wildman–Crippen LogP) is 1.93. The number of carbonyl (C=O) groups is 2. The van der Waals surface area contributed by atoms with Crippen molar-refractivity contribution in [3.63, 3.8) is 0 Å². The molecule has 0 unspecified atom stereocenters. The molecule has 2 rings (SSSR count). The molecule has 1 aromatic carbocycles. The molecule has 1 aromatic heterocycles. The maximum Gasteiger partial charge on any atom is 0.271 e. The van der Waals surface area contributed by atoms with E-state index in [2.05, 4.69) is 10.3 Å². The third-order valence-corrected chi connectivity index (χ3v) is 3.99. The fourth-order valence-electron chi connectivity index (χ4n) is 2.19. The Kier molecular flexibility index (Phi) is 5.09. The fraction of sp³-hybridized carbons (Fsp3) is 0.235. The minimum atomic E-state index is -1.40. The minimum Gasteiger partial charge on any atom is -0.378 e. The highest BCUT2D eigenvalue weighted by Gasteiger charge is 2.35. The topological polar surface area (TPSA) is 88.3 Å². The number of pyridine rings is 1. The Morgan fingerprint density at radius 1 is 1.25 bits per heavy atom. The summed E-state index contributed by atoms with van der Waals surface area (Å²) in [5.74, 6) is -1.19. The number of aromatic nitrogens is 1. The van der Waals surface area contributed by atoms with Gasteiger partial charge in [-0.3, -0.25) is 14.6 Å². The molecule has 0 bridgehead atoms. The van der Waals surface area contributed by atoms with Crippen LogP contribution in [0.3, 0.4) is 0 Å². The van der Waals surface area contributed by atoms with Gasteiger partial charge in [0.05, 0.1) is 0 Å². The van der Waals surface area contributed by atoms with Gasteiger partial charge in [-0.25, -0.2) is 0 Å². The molecule has 0 spiro atoms. The molecule has 2 aromatic rings. The van der Waals surface area contributed by atoms with E-state index in [1.807, 2.05) is 19.0 Å². The van der Waals surface area contributed by atoms with Crippen LogP contribution in [0.2, 0.25) is 5.02 Å². The summed E-state index contributed by atoms with van der Waals surface area (Å²) in [5, 5.41) is 3.11. The summed E-state index contributed by atoms with van der Waals surface area (Å²) >= 11 is 5.98. The smallest absolute Gasteiger partial charge is 0.271 e. The van der Waals surface area contributed by atoms with Gasteiger partial charge < -0.3 is 16.0 Å². The molecule has 0 radical (unpaired) electrons. The van der Waals surface area contributed by atoms with Gasteiger partial charge in [-0.05, 0) is 36.8 Å². The first-order valence-corrected chi connectivity index (χ1v) is 7.63. The van der Waals surface area contributed by atoms with Crippen LogP contribution in [0.5, 0.6) is 0 Å². The Morgan fingerprint density at radius 3 is 2.54 bits per heavy atom. The molecule has 126 valence electrons. The van der Waals surface area contributed by atoms with Crippen LogP contribution in [0.4, 0.5) is 5.69 Å². The quantitative estimate of drug-likeness (QED) is 0.865. The second-order valence-corrected chi connectivity index (χ2v) is 6.18. The number of amides is 2. The number of hydrogen-bond donors (Lipinski definition) is 2. The maximum absolute atomic E-state index is 12.6. The third kappa shape index (κ3) is 3.65. The van der Waals surface area contributed by atoms with Gasteiger partial charge in [-0.1, -0.05) is 23.7 Å². The van der Waals surface area contributed by atoms with Gasteiger partial charge in [-0.15, -0.1) is 0 Å². The molecular formula is C17H19ClN4O2. The van der Waals surface area contributed by atoms with Crippen LogP contribution < -0.4 is 16.0 Å². The zero-order valence-electron chi connectivity index (χ0n) is 13.7. The van der Waals surface area contributed by atoms with Gasteiger partial charge in [0.2, 0.25) is 5.91 Å². The van der Waals surface area contributed by atoms with Gasteiger partial charge in [0.25, 0.3) is 5.91 Å². The Balaban J connectivity index is 2.36. The van der Waals surface area contributed by atoms with Gasteiger partial charge in [0, 0.05) is 31.0 Å². The lowest BCUT2D eigenvalue weighted by atomic mass is 9.91. The van der Waals surface area contributed by atoms with Crippen molar-refractivity contribution in [2.24, 2.45) is 5.73 Å². The van der Waals surface area contributed by atoms with Crippen LogP contribution in [0.1, 0.15) is 23.0 Å². The third-order valence-electron chi connectivity index (χ3n) is 3.75. The van der Waals surface area contributed by atoms with Crippen LogP contribution >= 0.6 is 11.6 Å². The van der Waals surface area contributed by atoms with E-state index in [0.717, 1.165) is 5.69 Å². The standard InChI is InChI=1S/C17H19ClN4O2/c1-17(16(19)24,11-5-4-6-12(18)9-11)21-15(23)14-10-13(22(2)3)7-8-20-14/h4-10H,1-3H3,(H2,19,24)(H,21,23)/t17-/m1/s1. The van der Waals surface area contributed by atoms with Gasteiger partial charge in [-0.2, -0.15) is 0 Å². The van der Waals surface area contributed by atoms with Gasteiger partial charge in [0.15, 0.2) is 0 Å². The Labute approximate surface area is 145 Å². The highest BCUT2D eigenvalue weighted by Crippen LogP contribution is 2.24. The number of nitrogens with zero attached hydrogens (tertiary/aromatic N) is 2. The molecule has 3 N–H and O–H groups in total. The zero-order chi connectivity index (χ0) is 17.9. The molecule has 0 aliphatic carbocycles. The van der Waals surface area contributed by atoms with E-state index >= 15 is 0 Å². The van der Waals surface area contributed by atoms with Crippen molar-refractivity contribution in [1.82, 2.24) is 10.3 Å². The number of hydrogen-bond acceptors (Lipinski definition) is 4. The Bertz CT molecular complexity index is 779. The normalized spacial score (nSPS) is 13.0. The summed E-state index contributed by atoms with van der Waals surface area (Å²) in [4.78, 5) is 30.5. The molecule has 0 saturated carbocycles. The van der Waals surface area contributed by atoms with Crippen molar-refractivity contribution < 1.29 is 9.59 Å². The number of nitrogens with two attached hydrogens (primary N) is 1. The largest absolute Gasteiger partial charge is 0.378 e. The molecular weight excluding hydrogens is 328 g/mol. The SMILES string of the molecule is CN(C)c1ccnc(C(=O)N[C@@](C)(C(N)=O)c2cccc(Cl)c2)c1. The molecule has 0 fully saturated rings. The van der Waals surface area contributed by atoms with E-state index in [9.17, 15) is 9.59 Å². The van der Waals surface area contributed by atoms with Crippen LogP contribution in [0, 0.1) is 0 Å².